The number of rotatable bonds is 5. The smallest absolute Gasteiger partial charge is 0.282 e. The number of ether oxygens (including phenoxy) is 1. The van der Waals surface area contributed by atoms with Gasteiger partial charge in [0.1, 0.15) is 11.3 Å². The van der Waals surface area contributed by atoms with E-state index >= 15 is 0 Å². The minimum Gasteiger partial charge on any atom is -0.497 e. The van der Waals surface area contributed by atoms with Gasteiger partial charge in [-0.1, -0.05) is 20.8 Å². The van der Waals surface area contributed by atoms with Crippen LogP contribution in [0.5, 0.6) is 5.75 Å². The zero-order chi connectivity index (χ0) is 18.6. The van der Waals surface area contributed by atoms with Gasteiger partial charge >= 0.3 is 0 Å². The van der Waals surface area contributed by atoms with E-state index < -0.39 is 10.8 Å². The lowest BCUT2D eigenvalue weighted by molar-refractivity contribution is -0.385. The number of carbonyl (C=O) groups is 1. The van der Waals surface area contributed by atoms with Crippen molar-refractivity contribution in [3.8, 4) is 5.75 Å². The first-order chi connectivity index (χ1) is 11.7. The summed E-state index contributed by atoms with van der Waals surface area (Å²) < 4.78 is 5.14. The average Bonchev–Trinajstić information content (AvgIpc) is 2.54. The minimum atomic E-state index is -0.586. The van der Waals surface area contributed by atoms with E-state index in [0.29, 0.717) is 11.4 Å². The standard InChI is InChI=1S/C18H20N2O4S/c1-18(2,3)25-14-8-5-12(6-9-14)19-17(21)15-11-13(24-4)7-10-16(15)20(22)23/h5-11H,1-4H3,(H,19,21). The molecule has 0 radical (unpaired) electrons. The second kappa shape index (κ2) is 7.57. The molecule has 2 rings (SSSR count). The molecule has 0 aliphatic rings. The summed E-state index contributed by atoms with van der Waals surface area (Å²) in [6, 6.07) is 11.4. The molecule has 0 saturated carbocycles. The second-order valence-corrected chi connectivity index (χ2v) is 8.23. The quantitative estimate of drug-likeness (QED) is 0.473. The number of hydrogen-bond donors (Lipinski definition) is 1. The summed E-state index contributed by atoms with van der Waals surface area (Å²) >= 11 is 1.72. The predicted octanol–water partition coefficient (Wildman–Crippen LogP) is 4.75. The van der Waals surface area contributed by atoms with Gasteiger partial charge in [0.15, 0.2) is 0 Å². The van der Waals surface area contributed by atoms with Gasteiger partial charge < -0.3 is 10.1 Å². The second-order valence-electron chi connectivity index (χ2n) is 6.33. The maximum Gasteiger partial charge on any atom is 0.282 e. The molecule has 0 heterocycles. The van der Waals surface area contributed by atoms with Crippen molar-refractivity contribution in [3.05, 3.63) is 58.1 Å². The minimum absolute atomic E-state index is 0.0440. The molecule has 1 amide bonds. The van der Waals surface area contributed by atoms with Crippen LogP contribution in [-0.2, 0) is 0 Å². The largest absolute Gasteiger partial charge is 0.497 e. The third-order valence-electron chi connectivity index (χ3n) is 3.18. The van der Waals surface area contributed by atoms with E-state index in [4.69, 9.17) is 4.74 Å². The van der Waals surface area contributed by atoms with Crippen molar-refractivity contribution in [2.45, 2.75) is 30.4 Å². The maximum absolute atomic E-state index is 12.4. The van der Waals surface area contributed by atoms with Crippen LogP contribution in [0.4, 0.5) is 11.4 Å². The van der Waals surface area contributed by atoms with Gasteiger partial charge in [-0.3, -0.25) is 14.9 Å². The van der Waals surface area contributed by atoms with Crippen molar-refractivity contribution in [1.82, 2.24) is 0 Å². The molecule has 0 atom stereocenters. The van der Waals surface area contributed by atoms with Gasteiger partial charge in [0.25, 0.3) is 11.6 Å². The van der Waals surface area contributed by atoms with Crippen LogP contribution in [0.3, 0.4) is 0 Å². The van der Waals surface area contributed by atoms with Crippen LogP contribution in [0.25, 0.3) is 0 Å². The SMILES string of the molecule is COc1ccc([N+](=O)[O-])c(C(=O)Nc2ccc(SC(C)(C)C)cc2)c1. The van der Waals surface area contributed by atoms with Crippen molar-refractivity contribution < 1.29 is 14.5 Å². The molecule has 0 saturated heterocycles. The van der Waals surface area contributed by atoms with E-state index in [9.17, 15) is 14.9 Å². The summed E-state index contributed by atoms with van der Waals surface area (Å²) in [5.41, 5.74) is 0.260. The number of nitrogens with one attached hydrogen (secondary N) is 1. The molecule has 2 aromatic carbocycles. The lowest BCUT2D eigenvalue weighted by Gasteiger charge is -2.17. The van der Waals surface area contributed by atoms with E-state index in [1.54, 1.807) is 23.9 Å². The van der Waals surface area contributed by atoms with Gasteiger partial charge in [-0.15, -0.1) is 11.8 Å². The fourth-order valence-corrected chi connectivity index (χ4v) is 3.12. The molecule has 7 heteroatoms. The van der Waals surface area contributed by atoms with Crippen molar-refractivity contribution >= 4 is 29.0 Å². The molecular formula is C18H20N2O4S. The number of methoxy groups -OCH3 is 1. The Hall–Kier alpha value is -2.54. The Kier molecular flexibility index (Phi) is 5.69. The van der Waals surface area contributed by atoms with E-state index in [-0.39, 0.29) is 16.0 Å². The van der Waals surface area contributed by atoms with Gasteiger partial charge in [0.05, 0.1) is 12.0 Å². The summed E-state index contributed by atoms with van der Waals surface area (Å²) in [5, 5.41) is 13.8. The average molecular weight is 360 g/mol. The zero-order valence-corrected chi connectivity index (χ0v) is 15.3. The van der Waals surface area contributed by atoms with Crippen molar-refractivity contribution in [1.29, 1.82) is 0 Å². The third-order valence-corrected chi connectivity index (χ3v) is 4.30. The van der Waals surface area contributed by atoms with Crippen LogP contribution in [-0.4, -0.2) is 22.7 Å². The summed E-state index contributed by atoms with van der Waals surface area (Å²) in [6.07, 6.45) is 0. The van der Waals surface area contributed by atoms with Crippen LogP contribution in [0.15, 0.2) is 47.4 Å². The van der Waals surface area contributed by atoms with E-state index in [0.717, 1.165) is 4.90 Å². The van der Waals surface area contributed by atoms with Crippen LogP contribution in [0, 0.1) is 10.1 Å². The monoisotopic (exact) mass is 360 g/mol. The summed E-state index contributed by atoms with van der Waals surface area (Å²) in [7, 11) is 1.44. The van der Waals surface area contributed by atoms with Crippen molar-refractivity contribution in [2.24, 2.45) is 0 Å². The number of nitro benzene ring substituents is 1. The lowest BCUT2D eigenvalue weighted by atomic mass is 10.1. The van der Waals surface area contributed by atoms with E-state index in [2.05, 4.69) is 26.1 Å². The first-order valence-corrected chi connectivity index (χ1v) is 8.44. The van der Waals surface area contributed by atoms with Gasteiger partial charge in [-0.25, -0.2) is 0 Å². The molecule has 0 spiro atoms. The van der Waals surface area contributed by atoms with E-state index in [1.807, 2.05) is 12.1 Å². The Morgan fingerprint density at radius 2 is 1.80 bits per heavy atom. The first kappa shape index (κ1) is 18.8. The molecule has 0 aliphatic heterocycles. The van der Waals surface area contributed by atoms with Crippen molar-refractivity contribution in [3.63, 3.8) is 0 Å². The maximum atomic E-state index is 12.4. The molecule has 0 bridgehead atoms. The van der Waals surface area contributed by atoms with Gasteiger partial charge in [0.2, 0.25) is 0 Å². The number of carbonyl (C=O) groups excluding carboxylic acids is 1. The van der Waals surface area contributed by atoms with E-state index in [1.165, 1.54) is 25.3 Å². The summed E-state index contributed by atoms with van der Waals surface area (Å²) in [6.45, 7) is 6.36. The predicted molar refractivity (Wildman–Crippen MR) is 99.7 cm³/mol. The summed E-state index contributed by atoms with van der Waals surface area (Å²) in [4.78, 5) is 24.1. The molecule has 0 aliphatic carbocycles. The number of nitrogens with zero attached hydrogens (tertiary/aromatic N) is 1. The number of hydrogen-bond acceptors (Lipinski definition) is 5. The molecule has 6 nitrogen and oxygen atoms in total. The molecule has 1 N–H and O–H groups in total. The van der Waals surface area contributed by atoms with Gasteiger partial charge in [-0.05, 0) is 36.4 Å². The van der Waals surface area contributed by atoms with Crippen LogP contribution in [0.1, 0.15) is 31.1 Å². The molecule has 0 fully saturated rings. The Balaban J connectivity index is 2.21. The highest BCUT2D eigenvalue weighted by molar-refractivity contribution is 8.00. The third kappa shape index (κ3) is 5.22. The molecular weight excluding hydrogens is 340 g/mol. The topological polar surface area (TPSA) is 81.5 Å². The van der Waals surface area contributed by atoms with Crippen molar-refractivity contribution in [2.75, 3.05) is 12.4 Å². The first-order valence-electron chi connectivity index (χ1n) is 7.62. The molecule has 0 unspecified atom stereocenters. The fourth-order valence-electron chi connectivity index (χ4n) is 2.14. The highest BCUT2D eigenvalue weighted by Gasteiger charge is 2.21. The van der Waals surface area contributed by atoms with Crippen LogP contribution in [0.2, 0.25) is 0 Å². The zero-order valence-electron chi connectivity index (χ0n) is 14.5. The highest BCUT2D eigenvalue weighted by Crippen LogP contribution is 2.32. The Morgan fingerprint density at radius 1 is 1.16 bits per heavy atom. The van der Waals surface area contributed by atoms with Gasteiger partial charge in [-0.2, -0.15) is 0 Å². The molecule has 132 valence electrons. The normalized spacial score (nSPS) is 11.0. The number of thioether (sulfide) groups is 1. The highest BCUT2D eigenvalue weighted by atomic mass is 32.2. The molecule has 2 aromatic rings. The Labute approximate surface area is 150 Å². The molecule has 25 heavy (non-hydrogen) atoms. The molecule has 0 aromatic heterocycles. The number of anilines is 1. The van der Waals surface area contributed by atoms with Crippen LogP contribution >= 0.6 is 11.8 Å². The Bertz CT molecular complexity index is 783. The lowest BCUT2D eigenvalue weighted by Crippen LogP contribution is -2.14. The fraction of sp³-hybridized carbons (Fsp3) is 0.278. The van der Waals surface area contributed by atoms with Crippen LogP contribution < -0.4 is 10.1 Å². The number of benzene rings is 2. The summed E-state index contributed by atoms with van der Waals surface area (Å²) in [5.74, 6) is -0.172. The Morgan fingerprint density at radius 3 is 2.32 bits per heavy atom. The number of amides is 1. The van der Waals surface area contributed by atoms with Gasteiger partial charge in [0, 0.05) is 21.4 Å². The number of nitro groups is 1.